The molecule has 0 atom stereocenters. The van der Waals surface area contributed by atoms with Crippen molar-refractivity contribution in [2.24, 2.45) is 0 Å². The van der Waals surface area contributed by atoms with Crippen molar-refractivity contribution in [3.05, 3.63) is 69.8 Å². The normalized spacial score (nSPS) is 14.9. The summed E-state index contributed by atoms with van der Waals surface area (Å²) in [6.07, 6.45) is 3.06. The first-order chi connectivity index (χ1) is 16.7. The molecule has 0 aliphatic carbocycles. The van der Waals surface area contributed by atoms with Crippen LogP contribution in [0.25, 0.3) is 11.3 Å². The van der Waals surface area contributed by atoms with Crippen LogP contribution in [0.3, 0.4) is 0 Å². The number of piperidine rings is 1. The van der Waals surface area contributed by atoms with Gasteiger partial charge in [-0.3, -0.25) is 4.79 Å². The number of methoxy groups -OCH3 is 1. The number of nitrogens with two attached hydrogens (primary N) is 1. The molecule has 0 bridgehead atoms. The van der Waals surface area contributed by atoms with Crippen molar-refractivity contribution in [1.82, 2.24) is 15.3 Å². The second-order valence-electron chi connectivity index (χ2n) is 8.64. The number of rotatable bonds is 5. The molecule has 182 valence electrons. The van der Waals surface area contributed by atoms with Gasteiger partial charge < -0.3 is 20.7 Å². The number of aromatic nitrogens is 2. The molecule has 0 radical (unpaired) electrons. The highest BCUT2D eigenvalue weighted by Crippen LogP contribution is 2.35. The van der Waals surface area contributed by atoms with Gasteiger partial charge in [0.1, 0.15) is 11.5 Å². The maximum Gasteiger partial charge on any atom is 0.337 e. The topological polar surface area (TPSA) is 110 Å². The SMILES string of the molecule is COC(=O)c1cccc(C(=O)NC2(C)CCN(c3cnc(-c4cccc(Cl)c4Cl)c(N)n3)CC2)c1. The molecule has 0 unspecified atom stereocenters. The molecule has 1 amide bonds. The number of nitrogens with zero attached hydrogens (tertiary/aromatic N) is 3. The number of anilines is 2. The van der Waals surface area contributed by atoms with Crippen molar-refractivity contribution < 1.29 is 14.3 Å². The molecule has 1 fully saturated rings. The lowest BCUT2D eigenvalue weighted by Crippen LogP contribution is -2.53. The first kappa shape index (κ1) is 24.8. The summed E-state index contributed by atoms with van der Waals surface area (Å²) < 4.78 is 4.74. The van der Waals surface area contributed by atoms with E-state index in [4.69, 9.17) is 33.7 Å². The Morgan fingerprint density at radius 3 is 2.49 bits per heavy atom. The van der Waals surface area contributed by atoms with Crippen LogP contribution in [-0.2, 0) is 4.74 Å². The number of nitrogens with one attached hydrogen (secondary N) is 1. The maximum absolute atomic E-state index is 12.9. The Morgan fingerprint density at radius 2 is 1.80 bits per heavy atom. The number of esters is 1. The minimum atomic E-state index is -0.483. The zero-order chi connectivity index (χ0) is 25.2. The van der Waals surface area contributed by atoms with Gasteiger partial charge in [0.05, 0.1) is 28.9 Å². The van der Waals surface area contributed by atoms with E-state index in [1.165, 1.54) is 13.2 Å². The molecule has 3 aromatic rings. The third-order valence-electron chi connectivity index (χ3n) is 6.15. The Bertz CT molecular complexity index is 1280. The highest BCUT2D eigenvalue weighted by atomic mass is 35.5. The molecule has 1 aromatic heterocycles. The third-order valence-corrected chi connectivity index (χ3v) is 6.96. The highest BCUT2D eigenvalue weighted by molar-refractivity contribution is 6.43. The van der Waals surface area contributed by atoms with Gasteiger partial charge in [0, 0.05) is 29.8 Å². The molecule has 1 aliphatic rings. The quantitative estimate of drug-likeness (QED) is 0.479. The fourth-order valence-electron chi connectivity index (χ4n) is 4.05. The van der Waals surface area contributed by atoms with E-state index in [9.17, 15) is 9.59 Å². The summed E-state index contributed by atoms with van der Waals surface area (Å²) in [4.78, 5) is 35.8. The van der Waals surface area contributed by atoms with Crippen molar-refractivity contribution in [2.75, 3.05) is 30.8 Å². The molecule has 2 aromatic carbocycles. The summed E-state index contributed by atoms with van der Waals surface area (Å²) in [5, 5.41) is 3.92. The van der Waals surface area contributed by atoms with Gasteiger partial charge in [0.15, 0.2) is 5.82 Å². The van der Waals surface area contributed by atoms with E-state index >= 15 is 0 Å². The number of benzene rings is 2. The van der Waals surface area contributed by atoms with Crippen LogP contribution in [0.1, 0.15) is 40.5 Å². The summed E-state index contributed by atoms with van der Waals surface area (Å²) in [6.45, 7) is 3.32. The fraction of sp³-hybridized carbons (Fsp3) is 0.280. The number of halogens is 2. The summed E-state index contributed by atoms with van der Waals surface area (Å²) >= 11 is 12.4. The lowest BCUT2D eigenvalue weighted by atomic mass is 9.89. The minimum Gasteiger partial charge on any atom is -0.465 e. The van der Waals surface area contributed by atoms with E-state index in [2.05, 4.69) is 20.2 Å². The average molecular weight is 514 g/mol. The lowest BCUT2D eigenvalue weighted by Gasteiger charge is -2.40. The highest BCUT2D eigenvalue weighted by Gasteiger charge is 2.32. The van der Waals surface area contributed by atoms with Crippen LogP contribution in [0.5, 0.6) is 0 Å². The van der Waals surface area contributed by atoms with Crippen molar-refractivity contribution >= 4 is 46.7 Å². The smallest absolute Gasteiger partial charge is 0.337 e. The molecule has 0 spiro atoms. The van der Waals surface area contributed by atoms with Crippen LogP contribution in [-0.4, -0.2) is 47.6 Å². The molecule has 0 saturated carbocycles. The van der Waals surface area contributed by atoms with Crippen molar-refractivity contribution in [3.63, 3.8) is 0 Å². The zero-order valence-electron chi connectivity index (χ0n) is 19.3. The molecule has 8 nitrogen and oxygen atoms in total. The van der Waals surface area contributed by atoms with Gasteiger partial charge in [0.25, 0.3) is 5.91 Å². The van der Waals surface area contributed by atoms with Gasteiger partial charge >= 0.3 is 5.97 Å². The van der Waals surface area contributed by atoms with Crippen LogP contribution >= 0.6 is 23.2 Å². The summed E-state index contributed by atoms with van der Waals surface area (Å²) in [5.74, 6) is 0.198. The van der Waals surface area contributed by atoms with Gasteiger partial charge in [-0.2, -0.15) is 0 Å². The zero-order valence-corrected chi connectivity index (χ0v) is 20.9. The lowest BCUT2D eigenvalue weighted by molar-refractivity contribution is 0.0600. The third kappa shape index (κ3) is 5.33. The van der Waals surface area contributed by atoms with E-state index in [0.29, 0.717) is 64.2 Å². The number of carbonyl (C=O) groups excluding carboxylic acids is 2. The minimum absolute atomic E-state index is 0.238. The molecule has 10 heteroatoms. The van der Waals surface area contributed by atoms with Gasteiger partial charge in [-0.1, -0.05) is 41.4 Å². The Labute approximate surface area is 213 Å². The predicted molar refractivity (Wildman–Crippen MR) is 137 cm³/mol. The molecule has 1 aliphatic heterocycles. The maximum atomic E-state index is 12.9. The Kier molecular flexibility index (Phi) is 7.14. The second-order valence-corrected chi connectivity index (χ2v) is 9.42. The van der Waals surface area contributed by atoms with E-state index in [-0.39, 0.29) is 11.7 Å². The number of nitrogen functional groups attached to an aromatic ring is 1. The Balaban J connectivity index is 1.43. The van der Waals surface area contributed by atoms with Crippen molar-refractivity contribution in [3.8, 4) is 11.3 Å². The molecular weight excluding hydrogens is 489 g/mol. The van der Waals surface area contributed by atoms with Crippen LogP contribution in [0.2, 0.25) is 10.0 Å². The van der Waals surface area contributed by atoms with Gasteiger partial charge in [-0.15, -0.1) is 0 Å². The van der Waals surface area contributed by atoms with Gasteiger partial charge in [-0.25, -0.2) is 14.8 Å². The first-order valence-electron chi connectivity index (χ1n) is 11.0. The molecule has 4 rings (SSSR count). The number of ether oxygens (including phenoxy) is 1. The monoisotopic (exact) mass is 513 g/mol. The fourth-order valence-corrected chi connectivity index (χ4v) is 4.44. The molecule has 35 heavy (non-hydrogen) atoms. The molecular formula is C25H25Cl2N5O3. The van der Waals surface area contributed by atoms with Crippen molar-refractivity contribution in [1.29, 1.82) is 0 Å². The second kappa shape index (κ2) is 10.1. The molecule has 1 saturated heterocycles. The standard InChI is InChI=1S/C25H25Cl2N5O3/c1-25(31-23(33)15-5-3-6-16(13-15)24(34)35-2)9-11-32(12-10-25)19-14-29-21(22(28)30-19)17-7-4-8-18(26)20(17)27/h3-8,13-14H,9-12H2,1-2H3,(H2,28,30)(H,31,33). The average Bonchev–Trinajstić information content (AvgIpc) is 2.86. The Hall–Kier alpha value is -3.36. The largest absolute Gasteiger partial charge is 0.465 e. The van der Waals surface area contributed by atoms with E-state index < -0.39 is 11.5 Å². The number of carbonyl (C=O) groups is 2. The number of amides is 1. The number of hydrogen-bond acceptors (Lipinski definition) is 7. The van der Waals surface area contributed by atoms with E-state index in [1.54, 1.807) is 42.6 Å². The van der Waals surface area contributed by atoms with E-state index in [1.807, 2.05) is 6.92 Å². The van der Waals surface area contributed by atoms with Gasteiger partial charge in [-0.05, 0) is 44.0 Å². The predicted octanol–water partition coefficient (Wildman–Crippen LogP) is 4.61. The number of hydrogen-bond donors (Lipinski definition) is 2. The first-order valence-corrected chi connectivity index (χ1v) is 11.8. The van der Waals surface area contributed by atoms with Crippen LogP contribution in [0, 0.1) is 0 Å². The van der Waals surface area contributed by atoms with Crippen molar-refractivity contribution in [2.45, 2.75) is 25.3 Å². The Morgan fingerprint density at radius 1 is 1.11 bits per heavy atom. The van der Waals surface area contributed by atoms with Crippen LogP contribution < -0.4 is 16.0 Å². The molecule has 2 heterocycles. The summed E-state index contributed by atoms with van der Waals surface area (Å²) in [7, 11) is 1.31. The van der Waals surface area contributed by atoms with E-state index in [0.717, 1.165) is 0 Å². The van der Waals surface area contributed by atoms with Crippen LogP contribution in [0.15, 0.2) is 48.7 Å². The van der Waals surface area contributed by atoms with Gasteiger partial charge in [0.2, 0.25) is 0 Å². The molecule has 3 N–H and O–H groups in total. The summed E-state index contributed by atoms with van der Waals surface area (Å²) in [6, 6.07) is 11.8. The summed E-state index contributed by atoms with van der Waals surface area (Å²) in [5.41, 5.74) is 7.64. The van der Waals surface area contributed by atoms with Crippen LogP contribution in [0.4, 0.5) is 11.6 Å².